The van der Waals surface area contributed by atoms with Crippen LogP contribution in [0.1, 0.15) is 38.7 Å². The molecule has 8 nitrogen and oxygen atoms in total. The van der Waals surface area contributed by atoms with E-state index < -0.39 is 27.8 Å². The maximum atomic E-state index is 14.3. The van der Waals surface area contributed by atoms with Gasteiger partial charge >= 0.3 is 0 Å². The number of halogens is 2. The Balaban J connectivity index is 2.19. The first-order valence-electron chi connectivity index (χ1n) is 11.6. The summed E-state index contributed by atoms with van der Waals surface area (Å²) in [6.07, 6.45) is 1.93. The lowest BCUT2D eigenvalue weighted by atomic mass is 10.1. The van der Waals surface area contributed by atoms with Gasteiger partial charge in [-0.3, -0.25) is 13.9 Å². The van der Waals surface area contributed by atoms with Crippen molar-refractivity contribution in [2.24, 2.45) is 0 Å². The van der Waals surface area contributed by atoms with Crippen LogP contribution in [0.15, 0.2) is 42.5 Å². The van der Waals surface area contributed by atoms with Crippen LogP contribution in [0, 0.1) is 5.82 Å². The Labute approximate surface area is 217 Å². The van der Waals surface area contributed by atoms with Crippen molar-refractivity contribution in [2.75, 3.05) is 30.8 Å². The summed E-state index contributed by atoms with van der Waals surface area (Å²) in [4.78, 5) is 27.1. The number of carbonyl (C=O) groups excluding carboxylic acids is 2. The van der Waals surface area contributed by atoms with E-state index in [-0.39, 0.29) is 42.4 Å². The molecule has 2 rings (SSSR count). The van der Waals surface area contributed by atoms with Gasteiger partial charge in [0.25, 0.3) is 0 Å². The number of rotatable bonds is 13. The minimum Gasteiger partial charge on any atom is -0.495 e. The SMILES string of the molecule is CCCNC(=O)[C@H](C)N(Cc1ccccc1F)C(=O)CCCN(c1ccc(OC)c(Cl)c1)S(C)(=O)=O. The van der Waals surface area contributed by atoms with Crippen LogP contribution in [-0.2, 0) is 26.2 Å². The van der Waals surface area contributed by atoms with Crippen molar-refractivity contribution in [1.82, 2.24) is 10.2 Å². The van der Waals surface area contributed by atoms with Crippen molar-refractivity contribution >= 4 is 39.1 Å². The molecule has 0 unspecified atom stereocenters. The summed E-state index contributed by atoms with van der Waals surface area (Å²) in [6, 6.07) is 9.84. The lowest BCUT2D eigenvalue weighted by molar-refractivity contribution is -0.140. The summed E-state index contributed by atoms with van der Waals surface area (Å²) < 4.78 is 45.5. The van der Waals surface area contributed by atoms with Gasteiger partial charge in [0.05, 0.1) is 24.1 Å². The Bertz CT molecular complexity index is 1160. The number of methoxy groups -OCH3 is 1. The molecule has 1 N–H and O–H groups in total. The predicted octanol–water partition coefficient (Wildman–Crippen LogP) is 3.98. The number of ether oxygens (including phenoxy) is 1. The molecule has 2 aromatic carbocycles. The van der Waals surface area contributed by atoms with Crippen molar-refractivity contribution in [3.05, 3.63) is 58.9 Å². The largest absolute Gasteiger partial charge is 0.495 e. The molecule has 0 saturated carbocycles. The fraction of sp³-hybridized carbons (Fsp3) is 0.440. The summed E-state index contributed by atoms with van der Waals surface area (Å²) in [7, 11) is -2.22. The van der Waals surface area contributed by atoms with Gasteiger partial charge in [-0.2, -0.15) is 0 Å². The van der Waals surface area contributed by atoms with E-state index >= 15 is 0 Å². The third-order valence-corrected chi connectivity index (χ3v) is 7.08. The smallest absolute Gasteiger partial charge is 0.242 e. The first-order chi connectivity index (χ1) is 17.0. The first-order valence-corrected chi connectivity index (χ1v) is 13.8. The monoisotopic (exact) mass is 541 g/mol. The van der Waals surface area contributed by atoms with Gasteiger partial charge in [0.2, 0.25) is 21.8 Å². The highest BCUT2D eigenvalue weighted by Crippen LogP contribution is 2.30. The molecule has 2 aromatic rings. The zero-order valence-electron chi connectivity index (χ0n) is 21.0. The Morgan fingerprint density at radius 3 is 2.47 bits per heavy atom. The normalized spacial score (nSPS) is 12.1. The summed E-state index contributed by atoms with van der Waals surface area (Å²) in [5.41, 5.74) is 0.623. The Kier molecular flexibility index (Phi) is 11.0. The summed E-state index contributed by atoms with van der Waals surface area (Å²) >= 11 is 6.16. The molecule has 198 valence electrons. The molecule has 0 aliphatic heterocycles. The molecule has 0 heterocycles. The molecule has 11 heteroatoms. The third-order valence-electron chi connectivity index (χ3n) is 5.59. The van der Waals surface area contributed by atoms with Gasteiger partial charge in [0.15, 0.2) is 0 Å². The van der Waals surface area contributed by atoms with Crippen molar-refractivity contribution in [3.8, 4) is 5.75 Å². The van der Waals surface area contributed by atoms with E-state index in [0.717, 1.165) is 17.0 Å². The Hall–Kier alpha value is -2.85. The van der Waals surface area contributed by atoms with Gasteiger partial charge in [-0.05, 0) is 44.0 Å². The predicted molar refractivity (Wildman–Crippen MR) is 139 cm³/mol. The summed E-state index contributed by atoms with van der Waals surface area (Å²) in [6.45, 7) is 3.88. The second-order valence-electron chi connectivity index (χ2n) is 8.34. The maximum Gasteiger partial charge on any atom is 0.242 e. The molecule has 0 aliphatic rings. The molecule has 0 radical (unpaired) electrons. The molecule has 0 spiro atoms. The third kappa shape index (κ3) is 8.09. The highest BCUT2D eigenvalue weighted by atomic mass is 35.5. The van der Waals surface area contributed by atoms with E-state index in [0.29, 0.717) is 18.0 Å². The minimum atomic E-state index is -3.67. The van der Waals surface area contributed by atoms with Gasteiger partial charge in [0.1, 0.15) is 17.6 Å². The van der Waals surface area contributed by atoms with E-state index in [1.807, 2.05) is 6.92 Å². The number of carbonyl (C=O) groups is 2. The molecule has 0 saturated heterocycles. The number of hydrogen-bond donors (Lipinski definition) is 1. The molecule has 0 fully saturated rings. The molecule has 0 aliphatic carbocycles. The average molecular weight is 542 g/mol. The standard InChI is InChI=1S/C25H33ClFN3O5S/c1-5-14-28-25(32)18(2)29(17-19-9-6-7-10-22(19)27)24(31)11-8-15-30(36(4,33)34)20-12-13-23(35-3)21(26)16-20/h6-7,9-10,12-13,16,18H,5,8,11,14-15,17H2,1-4H3,(H,28,32)/t18-/m0/s1. The zero-order valence-corrected chi connectivity index (χ0v) is 22.5. The topological polar surface area (TPSA) is 96.0 Å². The second-order valence-corrected chi connectivity index (χ2v) is 10.7. The molecular weight excluding hydrogens is 509 g/mol. The zero-order chi connectivity index (χ0) is 26.9. The number of nitrogens with one attached hydrogen (secondary N) is 1. The van der Waals surface area contributed by atoms with E-state index in [2.05, 4.69) is 5.32 Å². The fourth-order valence-electron chi connectivity index (χ4n) is 3.60. The van der Waals surface area contributed by atoms with Crippen LogP contribution >= 0.6 is 11.6 Å². The quantitative estimate of drug-likeness (QED) is 0.414. The van der Waals surface area contributed by atoms with E-state index in [1.165, 1.54) is 24.1 Å². The first kappa shape index (κ1) is 29.4. The molecule has 2 amide bonds. The van der Waals surface area contributed by atoms with Crippen LogP contribution in [0.25, 0.3) is 0 Å². The van der Waals surface area contributed by atoms with Crippen molar-refractivity contribution in [1.29, 1.82) is 0 Å². The summed E-state index contributed by atoms with van der Waals surface area (Å²) in [5.74, 6) is -0.801. The maximum absolute atomic E-state index is 14.3. The highest BCUT2D eigenvalue weighted by molar-refractivity contribution is 7.92. The lowest BCUT2D eigenvalue weighted by Crippen LogP contribution is -2.48. The van der Waals surface area contributed by atoms with Gasteiger partial charge in [-0.1, -0.05) is 36.7 Å². The number of amides is 2. The highest BCUT2D eigenvalue weighted by Gasteiger charge is 2.27. The van der Waals surface area contributed by atoms with Gasteiger partial charge < -0.3 is 15.0 Å². The van der Waals surface area contributed by atoms with Gasteiger partial charge in [-0.25, -0.2) is 12.8 Å². The van der Waals surface area contributed by atoms with Crippen LogP contribution in [0.3, 0.4) is 0 Å². The van der Waals surface area contributed by atoms with Gasteiger partial charge in [0, 0.05) is 31.6 Å². The van der Waals surface area contributed by atoms with Crippen LogP contribution in [-0.4, -0.2) is 57.6 Å². The van der Waals surface area contributed by atoms with Crippen molar-refractivity contribution < 1.29 is 27.1 Å². The molecule has 36 heavy (non-hydrogen) atoms. The van der Waals surface area contributed by atoms with Crippen molar-refractivity contribution in [2.45, 2.75) is 45.7 Å². The number of benzene rings is 2. The minimum absolute atomic E-state index is 0.0111. The van der Waals surface area contributed by atoms with Crippen LogP contribution in [0.2, 0.25) is 5.02 Å². The molecule has 0 aromatic heterocycles. The van der Waals surface area contributed by atoms with Crippen LogP contribution < -0.4 is 14.4 Å². The van der Waals surface area contributed by atoms with E-state index in [1.54, 1.807) is 37.3 Å². The lowest BCUT2D eigenvalue weighted by Gasteiger charge is -2.29. The second kappa shape index (κ2) is 13.5. The number of anilines is 1. The van der Waals surface area contributed by atoms with Crippen molar-refractivity contribution in [3.63, 3.8) is 0 Å². The number of nitrogens with zero attached hydrogens (tertiary/aromatic N) is 2. The Morgan fingerprint density at radius 1 is 1.19 bits per heavy atom. The molecule has 1 atom stereocenters. The Morgan fingerprint density at radius 2 is 1.89 bits per heavy atom. The summed E-state index contributed by atoms with van der Waals surface area (Å²) in [5, 5.41) is 3.01. The van der Waals surface area contributed by atoms with Gasteiger partial charge in [-0.15, -0.1) is 0 Å². The molecular formula is C25H33ClFN3O5S. The van der Waals surface area contributed by atoms with Crippen LogP contribution in [0.5, 0.6) is 5.75 Å². The average Bonchev–Trinajstić information content (AvgIpc) is 2.83. The number of hydrogen-bond acceptors (Lipinski definition) is 5. The van der Waals surface area contributed by atoms with E-state index in [9.17, 15) is 22.4 Å². The number of sulfonamides is 1. The molecule has 0 bridgehead atoms. The van der Waals surface area contributed by atoms with Crippen LogP contribution in [0.4, 0.5) is 10.1 Å². The fourth-order valence-corrected chi connectivity index (χ4v) is 4.81. The van der Waals surface area contributed by atoms with E-state index in [4.69, 9.17) is 16.3 Å².